The number of thioether (sulfide) groups is 1. The Hall–Kier alpha value is -3.05. The molecule has 4 nitrogen and oxygen atoms in total. The molecule has 31 heavy (non-hydrogen) atoms. The van der Waals surface area contributed by atoms with E-state index in [-0.39, 0.29) is 11.3 Å². The standard InChI is InChI=1S/C26H24NO3S/c1-18(30-19(2)28)23-24(29)27-25(23)31-26(20-12-6-3-7-13-20,21-14-8-4-9-15-21)22-16-10-5-11-17-22/h3-18,23,25H,1-2H3. The van der Waals surface area contributed by atoms with Gasteiger partial charge in [0.15, 0.2) is 0 Å². The molecule has 0 spiro atoms. The molecule has 157 valence electrons. The van der Waals surface area contributed by atoms with Gasteiger partial charge in [0.2, 0.25) is 0 Å². The SMILES string of the molecule is CC(=O)OC(C)C1C(=O)[N]C1SC(c1ccccc1)(c1ccccc1)c1ccccc1. The molecule has 1 amide bonds. The average molecular weight is 431 g/mol. The van der Waals surface area contributed by atoms with Gasteiger partial charge in [0.25, 0.3) is 5.91 Å². The lowest BCUT2D eigenvalue weighted by atomic mass is 9.84. The monoisotopic (exact) mass is 430 g/mol. The van der Waals surface area contributed by atoms with E-state index in [0.717, 1.165) is 16.7 Å². The fourth-order valence-electron chi connectivity index (χ4n) is 4.10. The third kappa shape index (κ3) is 4.10. The largest absolute Gasteiger partial charge is 0.462 e. The maximum absolute atomic E-state index is 12.4. The van der Waals surface area contributed by atoms with Crippen molar-refractivity contribution in [2.24, 2.45) is 5.92 Å². The summed E-state index contributed by atoms with van der Waals surface area (Å²) in [5, 5.41) is 3.99. The van der Waals surface area contributed by atoms with Crippen LogP contribution in [0.2, 0.25) is 0 Å². The minimum atomic E-state index is -0.577. The van der Waals surface area contributed by atoms with Crippen molar-refractivity contribution in [2.75, 3.05) is 0 Å². The van der Waals surface area contributed by atoms with E-state index in [1.165, 1.54) is 6.92 Å². The summed E-state index contributed by atoms with van der Waals surface area (Å²) in [6.45, 7) is 3.13. The number of benzene rings is 3. The number of hydrogen-bond donors (Lipinski definition) is 0. The lowest BCUT2D eigenvalue weighted by molar-refractivity contribution is -0.154. The molecule has 0 N–H and O–H groups in total. The molecule has 1 saturated heterocycles. The average Bonchev–Trinajstić information content (AvgIpc) is 2.77. The Morgan fingerprint density at radius 3 is 1.65 bits per heavy atom. The fourth-order valence-corrected chi connectivity index (χ4v) is 5.92. The number of carbonyl (C=O) groups excluding carboxylic acids is 2. The van der Waals surface area contributed by atoms with Crippen LogP contribution in [0.4, 0.5) is 0 Å². The summed E-state index contributed by atoms with van der Waals surface area (Å²) in [5.41, 5.74) is 3.31. The number of amides is 1. The van der Waals surface area contributed by atoms with Crippen LogP contribution < -0.4 is 5.32 Å². The number of β-lactam (4-membered cyclic amide) rings is 1. The van der Waals surface area contributed by atoms with Crippen molar-refractivity contribution in [3.05, 3.63) is 108 Å². The van der Waals surface area contributed by atoms with Crippen molar-refractivity contribution < 1.29 is 14.3 Å². The van der Waals surface area contributed by atoms with E-state index in [4.69, 9.17) is 4.74 Å². The minimum absolute atomic E-state index is 0.214. The molecule has 0 bridgehead atoms. The maximum Gasteiger partial charge on any atom is 0.302 e. The number of ether oxygens (including phenoxy) is 1. The summed E-state index contributed by atoms with van der Waals surface area (Å²) in [5.74, 6) is -1.07. The number of nitrogens with zero attached hydrogens (tertiary/aromatic N) is 1. The van der Waals surface area contributed by atoms with Gasteiger partial charge in [-0.1, -0.05) is 91.0 Å². The Morgan fingerprint density at radius 1 is 0.871 bits per heavy atom. The summed E-state index contributed by atoms with van der Waals surface area (Å²) >= 11 is 1.63. The first-order valence-corrected chi connectivity index (χ1v) is 11.2. The van der Waals surface area contributed by atoms with E-state index >= 15 is 0 Å². The highest BCUT2D eigenvalue weighted by Gasteiger charge is 2.52. The summed E-state index contributed by atoms with van der Waals surface area (Å²) in [6, 6.07) is 30.8. The molecule has 3 aromatic carbocycles. The highest BCUT2D eigenvalue weighted by molar-refractivity contribution is 8.01. The van der Waals surface area contributed by atoms with Crippen molar-refractivity contribution in [2.45, 2.75) is 30.1 Å². The van der Waals surface area contributed by atoms with Gasteiger partial charge in [0.1, 0.15) is 17.4 Å². The van der Waals surface area contributed by atoms with Crippen molar-refractivity contribution in [3.8, 4) is 0 Å². The molecule has 1 radical (unpaired) electrons. The Bertz CT molecular complexity index is 943. The van der Waals surface area contributed by atoms with Gasteiger partial charge in [-0.05, 0) is 23.6 Å². The zero-order chi connectivity index (χ0) is 21.8. The van der Waals surface area contributed by atoms with Crippen LogP contribution in [-0.2, 0) is 19.1 Å². The molecule has 0 saturated carbocycles. The van der Waals surface area contributed by atoms with Gasteiger partial charge in [-0.2, -0.15) is 0 Å². The quantitative estimate of drug-likeness (QED) is 0.308. The first kappa shape index (κ1) is 21.2. The topological polar surface area (TPSA) is 57.5 Å². The molecule has 1 aliphatic rings. The smallest absolute Gasteiger partial charge is 0.302 e. The van der Waals surface area contributed by atoms with E-state index in [0.29, 0.717) is 0 Å². The summed E-state index contributed by atoms with van der Waals surface area (Å²) in [7, 11) is 0. The second-order valence-electron chi connectivity index (χ2n) is 7.60. The number of carbonyl (C=O) groups is 2. The fraction of sp³-hybridized carbons (Fsp3) is 0.231. The lowest BCUT2D eigenvalue weighted by Gasteiger charge is -2.44. The molecule has 0 aromatic heterocycles. The maximum atomic E-state index is 12.4. The van der Waals surface area contributed by atoms with Crippen LogP contribution in [0, 0.1) is 5.92 Å². The van der Waals surface area contributed by atoms with Crippen molar-refractivity contribution in [3.63, 3.8) is 0 Å². The zero-order valence-electron chi connectivity index (χ0n) is 17.5. The molecular formula is C26H24NO3S. The normalized spacial score (nSPS) is 19.1. The predicted octanol–water partition coefficient (Wildman–Crippen LogP) is 4.75. The lowest BCUT2D eigenvalue weighted by Crippen LogP contribution is -2.57. The number of esters is 1. The second kappa shape index (κ2) is 8.98. The van der Waals surface area contributed by atoms with Gasteiger partial charge in [0.05, 0.1) is 4.75 Å². The van der Waals surface area contributed by atoms with Crippen molar-refractivity contribution in [1.82, 2.24) is 5.32 Å². The van der Waals surface area contributed by atoms with E-state index in [2.05, 4.69) is 41.7 Å². The molecule has 5 heteroatoms. The molecule has 3 aromatic rings. The Morgan fingerprint density at radius 2 is 1.29 bits per heavy atom. The van der Waals surface area contributed by atoms with Crippen LogP contribution in [-0.4, -0.2) is 23.4 Å². The second-order valence-corrected chi connectivity index (χ2v) is 8.93. The predicted molar refractivity (Wildman–Crippen MR) is 122 cm³/mol. The van der Waals surface area contributed by atoms with Crippen LogP contribution in [0.5, 0.6) is 0 Å². The molecular weight excluding hydrogens is 406 g/mol. The molecule has 1 aliphatic heterocycles. The van der Waals surface area contributed by atoms with Crippen LogP contribution >= 0.6 is 11.8 Å². The molecule has 3 atom stereocenters. The van der Waals surface area contributed by atoms with Gasteiger partial charge in [-0.25, -0.2) is 5.32 Å². The first-order valence-electron chi connectivity index (χ1n) is 10.3. The van der Waals surface area contributed by atoms with Crippen LogP contribution in [0.1, 0.15) is 30.5 Å². The Kier molecular flexibility index (Phi) is 6.14. The van der Waals surface area contributed by atoms with E-state index in [9.17, 15) is 9.59 Å². The number of hydrogen-bond acceptors (Lipinski definition) is 4. The highest BCUT2D eigenvalue weighted by atomic mass is 32.2. The Labute approximate surface area is 187 Å². The minimum Gasteiger partial charge on any atom is -0.462 e. The van der Waals surface area contributed by atoms with Gasteiger partial charge < -0.3 is 4.74 Å². The highest BCUT2D eigenvalue weighted by Crippen LogP contribution is 2.53. The van der Waals surface area contributed by atoms with Gasteiger partial charge in [-0.15, -0.1) is 11.8 Å². The van der Waals surface area contributed by atoms with Gasteiger partial charge >= 0.3 is 5.97 Å². The number of rotatable bonds is 7. The van der Waals surface area contributed by atoms with Gasteiger partial charge in [-0.3, -0.25) is 9.59 Å². The summed E-state index contributed by atoms with van der Waals surface area (Å²) in [6.07, 6.45) is -0.528. The van der Waals surface area contributed by atoms with Crippen molar-refractivity contribution in [1.29, 1.82) is 0 Å². The molecule has 4 rings (SSSR count). The zero-order valence-corrected chi connectivity index (χ0v) is 18.3. The Balaban J connectivity index is 1.83. The summed E-state index contributed by atoms with van der Waals surface area (Å²) in [4.78, 5) is 23.9. The third-order valence-corrected chi connectivity index (χ3v) is 7.24. The van der Waals surface area contributed by atoms with Crippen LogP contribution in [0.15, 0.2) is 91.0 Å². The van der Waals surface area contributed by atoms with Gasteiger partial charge in [0, 0.05) is 6.92 Å². The van der Waals surface area contributed by atoms with Crippen LogP contribution in [0.25, 0.3) is 0 Å². The van der Waals surface area contributed by atoms with E-state index < -0.39 is 22.7 Å². The van der Waals surface area contributed by atoms with E-state index in [1.807, 2.05) is 54.6 Å². The first-order chi connectivity index (χ1) is 15.0. The van der Waals surface area contributed by atoms with Crippen LogP contribution in [0.3, 0.4) is 0 Å². The van der Waals surface area contributed by atoms with E-state index in [1.54, 1.807) is 18.7 Å². The third-order valence-electron chi connectivity index (χ3n) is 5.54. The molecule has 1 fully saturated rings. The molecule has 0 aliphatic carbocycles. The molecule has 3 unspecified atom stereocenters. The molecule has 1 heterocycles. The van der Waals surface area contributed by atoms with Crippen molar-refractivity contribution >= 4 is 23.6 Å². The summed E-state index contributed by atoms with van der Waals surface area (Å²) < 4.78 is 4.78.